The second-order valence-corrected chi connectivity index (χ2v) is 9.29. The molecule has 2 aliphatic heterocycles. The van der Waals surface area contributed by atoms with E-state index in [-0.39, 0.29) is 30.8 Å². The molecule has 0 aliphatic carbocycles. The van der Waals surface area contributed by atoms with E-state index in [0.29, 0.717) is 6.54 Å². The largest absolute Gasteiger partial charge is 0.392 e. The minimum Gasteiger partial charge on any atom is -0.392 e. The van der Waals surface area contributed by atoms with Crippen LogP contribution < -0.4 is 10.6 Å². The zero-order valence-electron chi connectivity index (χ0n) is 20.2. The van der Waals surface area contributed by atoms with Crippen molar-refractivity contribution in [1.82, 2.24) is 10.2 Å². The first-order chi connectivity index (χ1) is 16.6. The maximum absolute atomic E-state index is 11.8. The third-order valence-corrected chi connectivity index (χ3v) is 6.79. The molecule has 7 heteroatoms. The Hall–Kier alpha value is -2.45. The molecular formula is C27H37N3O4. The molecule has 4 rings (SSSR count). The monoisotopic (exact) mass is 467 g/mol. The van der Waals surface area contributed by atoms with Crippen LogP contribution in [0.5, 0.6) is 0 Å². The molecule has 2 aliphatic rings. The number of nitrogens with one attached hydrogen (secondary N) is 2. The van der Waals surface area contributed by atoms with Crippen molar-refractivity contribution in [2.75, 3.05) is 31.5 Å². The predicted molar refractivity (Wildman–Crippen MR) is 132 cm³/mol. The fourth-order valence-corrected chi connectivity index (χ4v) is 4.78. The van der Waals surface area contributed by atoms with Crippen molar-refractivity contribution < 1.29 is 19.4 Å². The second-order valence-electron chi connectivity index (χ2n) is 9.29. The molecule has 184 valence electrons. The maximum atomic E-state index is 11.8. The molecule has 0 saturated carbocycles. The van der Waals surface area contributed by atoms with Gasteiger partial charge in [0.25, 0.3) is 0 Å². The highest BCUT2D eigenvalue weighted by molar-refractivity contribution is 5.89. The first-order valence-electron chi connectivity index (χ1n) is 12.4. The number of carbonyl (C=O) groups excluding carboxylic acids is 1. The van der Waals surface area contributed by atoms with Gasteiger partial charge in [-0.2, -0.15) is 0 Å². The number of anilines is 1. The van der Waals surface area contributed by atoms with Crippen molar-refractivity contribution in [1.29, 1.82) is 0 Å². The minimum atomic E-state index is -0.493. The minimum absolute atomic E-state index is 0.0291. The number of carbonyl (C=O) groups is 1. The summed E-state index contributed by atoms with van der Waals surface area (Å²) in [6.07, 6.45) is 3.22. The van der Waals surface area contributed by atoms with Gasteiger partial charge in [-0.25, -0.2) is 4.79 Å². The summed E-state index contributed by atoms with van der Waals surface area (Å²) >= 11 is 0. The quantitative estimate of drug-likeness (QED) is 0.554. The van der Waals surface area contributed by atoms with Crippen LogP contribution in [0.25, 0.3) is 0 Å². The Labute approximate surface area is 202 Å². The van der Waals surface area contributed by atoms with Gasteiger partial charge in [0.05, 0.1) is 18.8 Å². The van der Waals surface area contributed by atoms with Gasteiger partial charge in [-0.05, 0) is 56.1 Å². The van der Waals surface area contributed by atoms with Crippen molar-refractivity contribution in [3.05, 3.63) is 65.2 Å². The lowest BCUT2D eigenvalue weighted by Gasteiger charge is -2.43. The molecule has 4 unspecified atom stereocenters. The number of amides is 2. The number of ether oxygens (including phenoxy) is 2. The number of urea groups is 1. The molecule has 2 saturated heterocycles. The number of hydrogen-bond acceptors (Lipinski definition) is 5. The molecule has 4 atom stereocenters. The third-order valence-electron chi connectivity index (χ3n) is 6.79. The molecule has 3 N–H and O–H groups in total. The summed E-state index contributed by atoms with van der Waals surface area (Å²) in [4.78, 5) is 14.3. The SMILES string of the molecule is CCNC(=O)Nc1ccc(C2OC(CN3CCCCC3)C(C)C(c3ccc(CO)cc3)O2)cc1. The smallest absolute Gasteiger partial charge is 0.319 e. The number of rotatable bonds is 7. The molecule has 2 amide bonds. The topological polar surface area (TPSA) is 83.1 Å². The fourth-order valence-electron chi connectivity index (χ4n) is 4.78. The van der Waals surface area contributed by atoms with Gasteiger partial charge in [0.2, 0.25) is 0 Å². The van der Waals surface area contributed by atoms with Crippen LogP contribution in [0.15, 0.2) is 48.5 Å². The summed E-state index contributed by atoms with van der Waals surface area (Å²) in [5.41, 5.74) is 3.63. The van der Waals surface area contributed by atoms with Crippen LogP contribution in [0.4, 0.5) is 10.5 Å². The van der Waals surface area contributed by atoms with Crippen LogP contribution >= 0.6 is 0 Å². The van der Waals surface area contributed by atoms with Crippen LogP contribution in [-0.4, -0.2) is 48.3 Å². The van der Waals surface area contributed by atoms with Gasteiger partial charge >= 0.3 is 6.03 Å². The Morgan fingerprint density at radius 2 is 1.68 bits per heavy atom. The van der Waals surface area contributed by atoms with Crippen molar-refractivity contribution >= 4 is 11.7 Å². The average molecular weight is 468 g/mol. The maximum Gasteiger partial charge on any atom is 0.319 e. The molecule has 7 nitrogen and oxygen atoms in total. The van der Waals surface area contributed by atoms with E-state index in [4.69, 9.17) is 9.47 Å². The Kier molecular flexibility index (Phi) is 8.56. The second kappa shape index (κ2) is 11.8. The summed E-state index contributed by atoms with van der Waals surface area (Å²) < 4.78 is 13.1. The van der Waals surface area contributed by atoms with Crippen LogP contribution in [0.3, 0.4) is 0 Å². The highest BCUT2D eigenvalue weighted by Crippen LogP contribution is 2.42. The molecule has 2 aromatic carbocycles. The van der Waals surface area contributed by atoms with E-state index in [9.17, 15) is 9.90 Å². The molecule has 0 aromatic heterocycles. The number of nitrogens with zero attached hydrogens (tertiary/aromatic N) is 1. The van der Waals surface area contributed by atoms with Crippen molar-refractivity contribution in [2.24, 2.45) is 5.92 Å². The standard InChI is InChI=1S/C27H37N3O4/c1-3-28-27(32)29-23-13-11-22(12-14-23)26-33-24(17-30-15-5-4-6-16-30)19(2)25(34-26)21-9-7-20(18-31)8-10-21/h7-14,19,24-26,31H,3-6,15-18H2,1-2H3,(H2,28,29,32). The van der Waals surface area contributed by atoms with Gasteiger partial charge in [0.1, 0.15) is 0 Å². The summed E-state index contributed by atoms with van der Waals surface area (Å²) in [7, 11) is 0. The first-order valence-corrected chi connectivity index (χ1v) is 12.4. The average Bonchev–Trinajstić information content (AvgIpc) is 2.87. The number of aliphatic hydroxyl groups excluding tert-OH is 1. The summed E-state index contributed by atoms with van der Waals surface area (Å²) in [6, 6.07) is 15.4. The molecule has 34 heavy (non-hydrogen) atoms. The Bertz CT molecular complexity index is 912. The van der Waals surface area contributed by atoms with Gasteiger partial charge in [0, 0.05) is 30.3 Å². The lowest BCUT2D eigenvalue weighted by atomic mass is 9.89. The molecule has 0 spiro atoms. The number of likely N-dealkylation sites (tertiary alicyclic amines) is 1. The lowest BCUT2D eigenvalue weighted by molar-refractivity contribution is -0.276. The summed E-state index contributed by atoms with van der Waals surface area (Å²) in [5, 5.41) is 15.0. The Morgan fingerprint density at radius 1 is 1.00 bits per heavy atom. The van der Waals surface area contributed by atoms with E-state index in [1.807, 2.05) is 55.5 Å². The van der Waals surface area contributed by atoms with Crippen LogP contribution in [0.2, 0.25) is 0 Å². The summed E-state index contributed by atoms with van der Waals surface area (Å²) in [5.74, 6) is 0.178. The molecule has 0 bridgehead atoms. The number of aliphatic hydroxyl groups is 1. The van der Waals surface area contributed by atoms with Gasteiger partial charge in [-0.3, -0.25) is 0 Å². The van der Waals surface area contributed by atoms with E-state index >= 15 is 0 Å². The normalized spacial score (nSPS) is 25.6. The molecule has 0 radical (unpaired) electrons. The molecule has 2 fully saturated rings. The zero-order chi connectivity index (χ0) is 23.9. The number of hydrogen-bond donors (Lipinski definition) is 3. The van der Waals surface area contributed by atoms with Gasteiger partial charge < -0.3 is 30.1 Å². The molecule has 2 heterocycles. The van der Waals surface area contributed by atoms with Gasteiger partial charge in [0.15, 0.2) is 6.29 Å². The Morgan fingerprint density at radius 3 is 2.32 bits per heavy atom. The number of piperidine rings is 1. The third kappa shape index (κ3) is 6.16. The van der Waals surface area contributed by atoms with E-state index in [1.54, 1.807) is 0 Å². The van der Waals surface area contributed by atoms with Crippen molar-refractivity contribution in [3.8, 4) is 0 Å². The van der Waals surface area contributed by atoms with E-state index < -0.39 is 6.29 Å². The lowest BCUT2D eigenvalue weighted by Crippen LogP contribution is -2.45. The van der Waals surface area contributed by atoms with E-state index in [2.05, 4.69) is 22.5 Å². The van der Waals surface area contributed by atoms with Crippen LogP contribution in [0.1, 0.15) is 62.2 Å². The van der Waals surface area contributed by atoms with Crippen LogP contribution in [0, 0.1) is 5.92 Å². The van der Waals surface area contributed by atoms with Crippen molar-refractivity contribution in [3.63, 3.8) is 0 Å². The highest BCUT2D eigenvalue weighted by Gasteiger charge is 2.39. The first kappa shape index (κ1) is 24.7. The Balaban J connectivity index is 1.53. The predicted octanol–water partition coefficient (Wildman–Crippen LogP) is 4.60. The molecule has 2 aromatic rings. The van der Waals surface area contributed by atoms with Crippen LogP contribution in [-0.2, 0) is 16.1 Å². The van der Waals surface area contributed by atoms with Gasteiger partial charge in [-0.1, -0.05) is 49.7 Å². The highest BCUT2D eigenvalue weighted by atomic mass is 16.7. The summed E-state index contributed by atoms with van der Waals surface area (Å²) in [6.45, 7) is 7.82. The van der Waals surface area contributed by atoms with E-state index in [0.717, 1.165) is 42.0 Å². The van der Waals surface area contributed by atoms with Gasteiger partial charge in [-0.15, -0.1) is 0 Å². The number of benzene rings is 2. The molecular weight excluding hydrogens is 430 g/mol. The zero-order valence-corrected chi connectivity index (χ0v) is 20.2. The fraction of sp³-hybridized carbons (Fsp3) is 0.519. The van der Waals surface area contributed by atoms with E-state index in [1.165, 1.54) is 19.3 Å². The van der Waals surface area contributed by atoms with Crippen molar-refractivity contribution in [2.45, 2.75) is 58.2 Å².